The molecular weight excluding hydrogens is 236 g/mol. The molecule has 1 aromatic carbocycles. The topological polar surface area (TPSA) is 72.2 Å². The Morgan fingerprint density at radius 2 is 1.94 bits per heavy atom. The molecule has 1 rings (SSSR count). The van der Waals surface area contributed by atoms with Crippen LogP contribution in [0, 0.1) is 0 Å². The van der Waals surface area contributed by atoms with E-state index in [0.717, 1.165) is 12.0 Å². The zero-order valence-corrected chi connectivity index (χ0v) is 10.5. The number of nitrogens with one attached hydrogen (secondary N) is 1. The van der Waals surface area contributed by atoms with Crippen molar-refractivity contribution < 1.29 is 8.42 Å². The van der Waals surface area contributed by atoms with Crippen LogP contribution in [0.5, 0.6) is 0 Å². The summed E-state index contributed by atoms with van der Waals surface area (Å²) in [4.78, 5) is 0.280. The second kappa shape index (κ2) is 6.54. The molecule has 0 aliphatic rings. The van der Waals surface area contributed by atoms with E-state index in [0.29, 0.717) is 19.5 Å². The summed E-state index contributed by atoms with van der Waals surface area (Å²) in [6, 6.07) is 6.77. The van der Waals surface area contributed by atoms with Gasteiger partial charge in [-0.05, 0) is 37.1 Å². The maximum Gasteiger partial charge on any atom is 0.240 e. The van der Waals surface area contributed by atoms with Gasteiger partial charge in [0.25, 0.3) is 0 Å². The maximum absolute atomic E-state index is 11.8. The van der Waals surface area contributed by atoms with E-state index in [1.54, 1.807) is 30.3 Å². The van der Waals surface area contributed by atoms with Crippen LogP contribution in [-0.4, -0.2) is 21.5 Å². The molecule has 0 aliphatic heterocycles. The largest absolute Gasteiger partial charge is 0.330 e. The molecule has 0 radical (unpaired) electrons. The number of hydrogen-bond donors (Lipinski definition) is 2. The quantitative estimate of drug-likeness (QED) is 0.564. The Morgan fingerprint density at radius 1 is 1.29 bits per heavy atom. The van der Waals surface area contributed by atoms with Gasteiger partial charge in [0.15, 0.2) is 0 Å². The summed E-state index contributed by atoms with van der Waals surface area (Å²) in [7, 11) is -3.39. The van der Waals surface area contributed by atoms with Crippen molar-refractivity contribution in [1.29, 1.82) is 0 Å². The molecule has 0 unspecified atom stereocenters. The zero-order valence-electron chi connectivity index (χ0n) is 9.72. The molecule has 5 heteroatoms. The van der Waals surface area contributed by atoms with Gasteiger partial charge in [0.2, 0.25) is 10.0 Å². The van der Waals surface area contributed by atoms with Gasteiger partial charge in [0, 0.05) is 6.54 Å². The van der Waals surface area contributed by atoms with Crippen molar-refractivity contribution in [3.05, 3.63) is 42.5 Å². The second-order valence-corrected chi connectivity index (χ2v) is 5.42. The highest BCUT2D eigenvalue weighted by Crippen LogP contribution is 2.10. The summed E-state index contributed by atoms with van der Waals surface area (Å²) < 4.78 is 26.1. The Morgan fingerprint density at radius 3 is 2.47 bits per heavy atom. The van der Waals surface area contributed by atoms with Gasteiger partial charge in [-0.25, -0.2) is 13.1 Å². The molecule has 0 heterocycles. The van der Waals surface area contributed by atoms with Crippen molar-refractivity contribution in [3.63, 3.8) is 0 Å². The average molecular weight is 254 g/mol. The minimum Gasteiger partial charge on any atom is -0.330 e. The molecule has 3 N–H and O–H groups in total. The molecule has 0 saturated carbocycles. The standard InChI is InChI=1S/C12H18N2O2S/c1-2-3-10-14-17(15,16)12-6-4-11(5-7-12)8-9-13/h2,4-7,14H,1,3,8-10,13H2. The van der Waals surface area contributed by atoms with Gasteiger partial charge in [-0.2, -0.15) is 0 Å². The van der Waals surface area contributed by atoms with E-state index in [1.165, 1.54) is 0 Å². The fraction of sp³-hybridized carbons (Fsp3) is 0.333. The van der Waals surface area contributed by atoms with Crippen LogP contribution < -0.4 is 10.5 Å². The van der Waals surface area contributed by atoms with Crippen LogP contribution in [0.25, 0.3) is 0 Å². The van der Waals surface area contributed by atoms with E-state index in [4.69, 9.17) is 5.73 Å². The SMILES string of the molecule is C=CCCNS(=O)(=O)c1ccc(CCN)cc1. The van der Waals surface area contributed by atoms with E-state index >= 15 is 0 Å². The first-order chi connectivity index (χ1) is 8.10. The van der Waals surface area contributed by atoms with Crippen LogP contribution in [0.2, 0.25) is 0 Å². The first-order valence-electron chi connectivity index (χ1n) is 5.49. The minimum absolute atomic E-state index is 0.280. The molecule has 0 amide bonds. The smallest absolute Gasteiger partial charge is 0.240 e. The van der Waals surface area contributed by atoms with Crippen molar-refractivity contribution >= 4 is 10.0 Å². The summed E-state index contributed by atoms with van der Waals surface area (Å²) in [5.41, 5.74) is 6.46. The molecule has 0 saturated heterocycles. The number of nitrogens with two attached hydrogens (primary N) is 1. The van der Waals surface area contributed by atoms with Crippen molar-refractivity contribution in [1.82, 2.24) is 4.72 Å². The van der Waals surface area contributed by atoms with E-state index in [9.17, 15) is 8.42 Å². The summed E-state index contributed by atoms with van der Waals surface area (Å²) >= 11 is 0. The predicted octanol–water partition coefficient (Wildman–Crippen LogP) is 1.04. The second-order valence-electron chi connectivity index (χ2n) is 3.66. The normalized spacial score (nSPS) is 11.4. The molecular formula is C12H18N2O2S. The molecule has 0 aromatic heterocycles. The van der Waals surface area contributed by atoms with Crippen LogP contribution in [-0.2, 0) is 16.4 Å². The van der Waals surface area contributed by atoms with Crippen LogP contribution in [0.3, 0.4) is 0 Å². The average Bonchev–Trinajstić information content (AvgIpc) is 2.30. The lowest BCUT2D eigenvalue weighted by molar-refractivity contribution is 0.582. The van der Waals surface area contributed by atoms with Crippen molar-refractivity contribution in [2.75, 3.05) is 13.1 Å². The lowest BCUT2D eigenvalue weighted by Gasteiger charge is -2.06. The molecule has 94 valence electrons. The summed E-state index contributed by atoms with van der Waals surface area (Å²) in [6.45, 7) is 4.47. The lowest BCUT2D eigenvalue weighted by Crippen LogP contribution is -2.24. The van der Waals surface area contributed by atoms with E-state index in [1.807, 2.05) is 0 Å². The van der Waals surface area contributed by atoms with Crippen molar-refractivity contribution in [2.45, 2.75) is 17.7 Å². The molecule has 0 aliphatic carbocycles. The first kappa shape index (κ1) is 13.9. The molecule has 0 atom stereocenters. The van der Waals surface area contributed by atoms with Crippen LogP contribution in [0.15, 0.2) is 41.8 Å². The van der Waals surface area contributed by atoms with Crippen molar-refractivity contribution in [2.24, 2.45) is 5.73 Å². The summed E-state index contributed by atoms with van der Waals surface area (Å²) in [6.07, 6.45) is 3.04. The summed E-state index contributed by atoms with van der Waals surface area (Å²) in [5.74, 6) is 0. The van der Waals surface area contributed by atoms with Gasteiger partial charge in [-0.1, -0.05) is 18.2 Å². The van der Waals surface area contributed by atoms with Crippen LogP contribution in [0.4, 0.5) is 0 Å². The Kier molecular flexibility index (Phi) is 5.34. The Hall–Kier alpha value is -1.17. The maximum atomic E-state index is 11.8. The zero-order chi connectivity index (χ0) is 12.7. The minimum atomic E-state index is -3.39. The van der Waals surface area contributed by atoms with Gasteiger partial charge < -0.3 is 5.73 Å². The van der Waals surface area contributed by atoms with Gasteiger partial charge >= 0.3 is 0 Å². The highest BCUT2D eigenvalue weighted by molar-refractivity contribution is 7.89. The van der Waals surface area contributed by atoms with Crippen LogP contribution >= 0.6 is 0 Å². The summed E-state index contributed by atoms with van der Waals surface area (Å²) in [5, 5.41) is 0. The molecule has 0 fully saturated rings. The number of sulfonamides is 1. The van der Waals surface area contributed by atoms with Gasteiger partial charge in [-0.3, -0.25) is 0 Å². The monoisotopic (exact) mass is 254 g/mol. The Balaban J connectivity index is 2.74. The fourth-order valence-electron chi connectivity index (χ4n) is 1.38. The number of rotatable bonds is 7. The molecule has 1 aromatic rings. The van der Waals surface area contributed by atoms with Crippen molar-refractivity contribution in [3.8, 4) is 0 Å². The Labute approximate surface area is 103 Å². The lowest BCUT2D eigenvalue weighted by atomic mass is 10.2. The third kappa shape index (κ3) is 4.30. The van der Waals surface area contributed by atoms with Gasteiger partial charge in [-0.15, -0.1) is 6.58 Å². The molecule has 0 spiro atoms. The van der Waals surface area contributed by atoms with Gasteiger partial charge in [0.05, 0.1) is 4.90 Å². The highest BCUT2D eigenvalue weighted by Gasteiger charge is 2.12. The first-order valence-corrected chi connectivity index (χ1v) is 6.98. The fourth-order valence-corrected chi connectivity index (χ4v) is 2.43. The third-order valence-electron chi connectivity index (χ3n) is 2.31. The third-order valence-corrected chi connectivity index (χ3v) is 3.78. The Bertz CT molecular complexity index is 452. The highest BCUT2D eigenvalue weighted by atomic mass is 32.2. The number of hydrogen-bond acceptors (Lipinski definition) is 3. The predicted molar refractivity (Wildman–Crippen MR) is 69.2 cm³/mol. The molecule has 17 heavy (non-hydrogen) atoms. The number of benzene rings is 1. The molecule has 0 bridgehead atoms. The van der Waals surface area contributed by atoms with E-state index in [2.05, 4.69) is 11.3 Å². The van der Waals surface area contributed by atoms with Crippen LogP contribution in [0.1, 0.15) is 12.0 Å². The molecule has 4 nitrogen and oxygen atoms in total. The van der Waals surface area contributed by atoms with E-state index in [-0.39, 0.29) is 4.90 Å². The van der Waals surface area contributed by atoms with Gasteiger partial charge in [0.1, 0.15) is 0 Å². The van der Waals surface area contributed by atoms with E-state index < -0.39 is 10.0 Å².